The van der Waals surface area contributed by atoms with Crippen LogP contribution in [0.3, 0.4) is 0 Å². The molecule has 6 nitrogen and oxygen atoms in total. The summed E-state index contributed by atoms with van der Waals surface area (Å²) in [6.07, 6.45) is 4.75. The Hall–Kier alpha value is -0.850. The first kappa shape index (κ1) is 19.5. The molecule has 2 aliphatic heterocycles. The number of carbonyl (C=O) groups excluding carboxylic acids is 2. The Morgan fingerprint density at radius 2 is 1.83 bits per heavy atom. The number of hydrogen-bond acceptors (Lipinski definition) is 4. The molecular weight excluding hydrogens is 328 g/mol. The van der Waals surface area contributed by atoms with Crippen molar-refractivity contribution in [2.75, 3.05) is 45.8 Å². The lowest BCUT2D eigenvalue weighted by atomic mass is 9.87. The van der Waals surface area contributed by atoms with Crippen molar-refractivity contribution in [3.05, 3.63) is 0 Å². The number of rotatable bonds is 4. The zero-order valence-electron chi connectivity index (χ0n) is 14.6. The molecule has 3 fully saturated rings. The molecule has 2 saturated heterocycles. The fourth-order valence-corrected chi connectivity index (χ4v) is 3.89. The van der Waals surface area contributed by atoms with Crippen molar-refractivity contribution in [1.29, 1.82) is 0 Å². The van der Waals surface area contributed by atoms with E-state index in [1.807, 2.05) is 4.90 Å². The summed E-state index contributed by atoms with van der Waals surface area (Å²) in [6.45, 7) is 7.50. The smallest absolute Gasteiger partial charge is 0.234 e. The van der Waals surface area contributed by atoms with Crippen LogP contribution in [0.5, 0.6) is 0 Å². The van der Waals surface area contributed by atoms with Crippen LogP contribution in [0.15, 0.2) is 0 Å². The second-order valence-electron chi connectivity index (χ2n) is 7.49. The predicted molar refractivity (Wildman–Crippen MR) is 96.2 cm³/mol. The van der Waals surface area contributed by atoms with Crippen molar-refractivity contribution in [3.8, 4) is 0 Å². The molecule has 2 N–H and O–H groups in total. The maximum absolute atomic E-state index is 12.2. The molecule has 0 radical (unpaired) electrons. The average Bonchev–Trinajstić information content (AvgIpc) is 2.46. The molecule has 1 aliphatic carbocycles. The molecular formula is C17H31ClN4O2. The Bertz CT molecular complexity index is 436. The van der Waals surface area contributed by atoms with E-state index < -0.39 is 0 Å². The molecule has 0 bridgehead atoms. The number of halogens is 1. The SMILES string of the molecule is CC1CCCC(NC(=O)CN2CCN(C(=O)C3CNC3)CC2)C1.Cl. The van der Waals surface area contributed by atoms with Gasteiger partial charge in [0.15, 0.2) is 0 Å². The van der Waals surface area contributed by atoms with Crippen LogP contribution in [-0.4, -0.2) is 73.5 Å². The van der Waals surface area contributed by atoms with Crippen molar-refractivity contribution in [1.82, 2.24) is 20.4 Å². The maximum atomic E-state index is 12.2. The lowest BCUT2D eigenvalue weighted by Crippen LogP contribution is -2.57. The topological polar surface area (TPSA) is 64.7 Å². The van der Waals surface area contributed by atoms with Gasteiger partial charge in [-0.05, 0) is 18.8 Å². The Labute approximate surface area is 151 Å². The highest BCUT2D eigenvalue weighted by molar-refractivity contribution is 5.85. The van der Waals surface area contributed by atoms with Gasteiger partial charge in [0.2, 0.25) is 11.8 Å². The molecule has 2 atom stereocenters. The van der Waals surface area contributed by atoms with Gasteiger partial charge in [-0.3, -0.25) is 14.5 Å². The molecule has 3 rings (SSSR count). The van der Waals surface area contributed by atoms with E-state index in [2.05, 4.69) is 22.5 Å². The third-order valence-corrected chi connectivity index (χ3v) is 5.48. The predicted octanol–water partition coefficient (Wildman–Crippen LogP) is 0.467. The first-order valence-corrected chi connectivity index (χ1v) is 9.13. The molecule has 2 heterocycles. The van der Waals surface area contributed by atoms with Gasteiger partial charge in [0.1, 0.15) is 0 Å². The van der Waals surface area contributed by atoms with E-state index in [9.17, 15) is 9.59 Å². The van der Waals surface area contributed by atoms with Crippen LogP contribution in [0.1, 0.15) is 32.6 Å². The van der Waals surface area contributed by atoms with Crippen LogP contribution in [0.2, 0.25) is 0 Å². The Balaban J connectivity index is 0.00000208. The summed E-state index contributed by atoms with van der Waals surface area (Å²) in [5.41, 5.74) is 0. The average molecular weight is 359 g/mol. The third-order valence-electron chi connectivity index (χ3n) is 5.48. The van der Waals surface area contributed by atoms with E-state index in [0.717, 1.165) is 58.0 Å². The van der Waals surface area contributed by atoms with Gasteiger partial charge in [0.25, 0.3) is 0 Å². The van der Waals surface area contributed by atoms with Gasteiger partial charge in [-0.25, -0.2) is 0 Å². The van der Waals surface area contributed by atoms with E-state index in [4.69, 9.17) is 0 Å². The first-order chi connectivity index (χ1) is 11.1. The van der Waals surface area contributed by atoms with Gasteiger partial charge < -0.3 is 15.5 Å². The van der Waals surface area contributed by atoms with Crippen molar-refractivity contribution in [2.45, 2.75) is 38.6 Å². The summed E-state index contributed by atoms with van der Waals surface area (Å²) in [6, 6.07) is 0.361. The molecule has 7 heteroatoms. The fourth-order valence-electron chi connectivity index (χ4n) is 3.89. The Morgan fingerprint density at radius 3 is 2.42 bits per heavy atom. The second-order valence-corrected chi connectivity index (χ2v) is 7.49. The van der Waals surface area contributed by atoms with Gasteiger partial charge in [0.05, 0.1) is 12.5 Å². The summed E-state index contributed by atoms with van der Waals surface area (Å²) in [5, 5.41) is 6.34. The summed E-state index contributed by atoms with van der Waals surface area (Å²) in [5.74, 6) is 1.33. The molecule has 3 aliphatic rings. The third kappa shape index (κ3) is 5.07. The van der Waals surface area contributed by atoms with E-state index in [1.165, 1.54) is 12.8 Å². The van der Waals surface area contributed by atoms with E-state index in [-0.39, 0.29) is 30.1 Å². The van der Waals surface area contributed by atoms with E-state index in [1.54, 1.807) is 0 Å². The van der Waals surface area contributed by atoms with Crippen molar-refractivity contribution < 1.29 is 9.59 Å². The van der Waals surface area contributed by atoms with Gasteiger partial charge >= 0.3 is 0 Å². The Kier molecular flexibility index (Phi) is 7.32. The molecule has 2 amide bonds. The maximum Gasteiger partial charge on any atom is 0.234 e. The number of hydrogen-bond donors (Lipinski definition) is 2. The number of nitrogens with zero attached hydrogens (tertiary/aromatic N) is 2. The molecule has 0 spiro atoms. The minimum Gasteiger partial charge on any atom is -0.352 e. The number of carbonyl (C=O) groups is 2. The van der Waals surface area contributed by atoms with Gasteiger partial charge in [-0.15, -0.1) is 12.4 Å². The summed E-state index contributed by atoms with van der Waals surface area (Å²) < 4.78 is 0. The minimum absolute atomic E-state index is 0. The number of nitrogens with one attached hydrogen (secondary N) is 2. The lowest BCUT2D eigenvalue weighted by Gasteiger charge is -2.38. The summed E-state index contributed by atoms with van der Waals surface area (Å²) in [4.78, 5) is 28.5. The van der Waals surface area contributed by atoms with Gasteiger partial charge in [0, 0.05) is 45.3 Å². The molecule has 0 aromatic carbocycles. The summed E-state index contributed by atoms with van der Waals surface area (Å²) in [7, 11) is 0. The zero-order chi connectivity index (χ0) is 16.2. The van der Waals surface area contributed by atoms with Crippen molar-refractivity contribution in [2.24, 2.45) is 11.8 Å². The van der Waals surface area contributed by atoms with Crippen molar-refractivity contribution >= 4 is 24.2 Å². The standard InChI is InChI=1S/C17H30N4O2.ClH/c1-13-3-2-4-15(9-13)19-16(22)12-20-5-7-21(8-6-20)17(23)14-10-18-11-14;/h13-15,18H,2-12H2,1H3,(H,19,22);1H. The molecule has 2 unspecified atom stereocenters. The minimum atomic E-state index is 0. The van der Waals surface area contributed by atoms with E-state index >= 15 is 0 Å². The number of piperazine rings is 1. The second kappa shape index (κ2) is 9.02. The quantitative estimate of drug-likeness (QED) is 0.766. The monoisotopic (exact) mass is 358 g/mol. The number of amides is 2. The van der Waals surface area contributed by atoms with Gasteiger partial charge in [-0.1, -0.05) is 19.8 Å². The van der Waals surface area contributed by atoms with E-state index in [0.29, 0.717) is 12.6 Å². The van der Waals surface area contributed by atoms with Crippen LogP contribution in [0, 0.1) is 11.8 Å². The lowest BCUT2D eigenvalue weighted by molar-refractivity contribution is -0.139. The molecule has 0 aromatic rings. The zero-order valence-corrected chi connectivity index (χ0v) is 15.4. The fraction of sp³-hybridized carbons (Fsp3) is 0.882. The van der Waals surface area contributed by atoms with Crippen LogP contribution < -0.4 is 10.6 Å². The van der Waals surface area contributed by atoms with Crippen LogP contribution in [0.25, 0.3) is 0 Å². The first-order valence-electron chi connectivity index (χ1n) is 9.13. The van der Waals surface area contributed by atoms with Gasteiger partial charge in [-0.2, -0.15) is 0 Å². The van der Waals surface area contributed by atoms with Crippen LogP contribution >= 0.6 is 12.4 Å². The molecule has 0 aromatic heterocycles. The van der Waals surface area contributed by atoms with Crippen LogP contribution in [-0.2, 0) is 9.59 Å². The normalized spacial score (nSPS) is 28.6. The highest BCUT2D eigenvalue weighted by Crippen LogP contribution is 2.23. The van der Waals surface area contributed by atoms with Crippen LogP contribution in [0.4, 0.5) is 0 Å². The summed E-state index contributed by atoms with van der Waals surface area (Å²) >= 11 is 0. The highest BCUT2D eigenvalue weighted by Gasteiger charge is 2.31. The molecule has 1 saturated carbocycles. The molecule has 138 valence electrons. The van der Waals surface area contributed by atoms with Crippen molar-refractivity contribution in [3.63, 3.8) is 0 Å². The Morgan fingerprint density at radius 1 is 1.12 bits per heavy atom. The molecule has 24 heavy (non-hydrogen) atoms. The highest BCUT2D eigenvalue weighted by atomic mass is 35.5. The largest absolute Gasteiger partial charge is 0.352 e.